The Kier molecular flexibility index (Phi) is 4.04. The fraction of sp³-hybridized carbons (Fsp3) is 0.438. The summed E-state index contributed by atoms with van der Waals surface area (Å²) < 4.78 is 9.99. The van der Waals surface area contributed by atoms with Crippen LogP contribution in [0.15, 0.2) is 24.3 Å². The highest BCUT2D eigenvalue weighted by Gasteiger charge is 2.46. The molecule has 0 radical (unpaired) electrons. The van der Waals surface area contributed by atoms with E-state index in [9.17, 15) is 14.4 Å². The van der Waals surface area contributed by atoms with Crippen molar-refractivity contribution < 1.29 is 23.9 Å². The summed E-state index contributed by atoms with van der Waals surface area (Å²) in [6, 6.07) is 6.17. The third kappa shape index (κ3) is 2.57. The number of alkyl carbamates (subject to hydrolysis) is 1. The number of amides is 3. The van der Waals surface area contributed by atoms with E-state index in [0.29, 0.717) is 24.0 Å². The van der Waals surface area contributed by atoms with Gasteiger partial charge in [0.15, 0.2) is 0 Å². The molecule has 0 bridgehead atoms. The minimum absolute atomic E-state index is 0.275. The molecule has 3 rings (SSSR count). The second-order valence-electron chi connectivity index (χ2n) is 5.67. The molecule has 1 aromatic carbocycles. The predicted molar refractivity (Wildman–Crippen MR) is 80.1 cm³/mol. The molecule has 3 amide bonds. The molecule has 0 unspecified atom stereocenters. The predicted octanol–water partition coefficient (Wildman–Crippen LogP) is 1.18. The van der Waals surface area contributed by atoms with E-state index in [1.807, 2.05) is 0 Å². The Bertz CT molecular complexity index is 625. The molecule has 23 heavy (non-hydrogen) atoms. The Balaban J connectivity index is 1.80. The van der Waals surface area contributed by atoms with Crippen LogP contribution in [0.1, 0.15) is 33.6 Å². The molecule has 1 N–H and O–H groups in total. The van der Waals surface area contributed by atoms with Crippen molar-refractivity contribution in [2.45, 2.75) is 31.0 Å². The lowest BCUT2D eigenvalue weighted by Crippen LogP contribution is -2.41. The molecule has 122 valence electrons. The average molecular weight is 318 g/mol. The maximum absolute atomic E-state index is 12.5. The number of ether oxygens (including phenoxy) is 2. The van der Waals surface area contributed by atoms with Gasteiger partial charge in [0.25, 0.3) is 11.8 Å². The number of carbonyl (C=O) groups is 3. The van der Waals surface area contributed by atoms with Gasteiger partial charge in [-0.3, -0.25) is 14.5 Å². The van der Waals surface area contributed by atoms with Crippen LogP contribution in [0.25, 0.3) is 0 Å². The summed E-state index contributed by atoms with van der Waals surface area (Å²) >= 11 is 0. The summed E-state index contributed by atoms with van der Waals surface area (Å²) in [5, 5.41) is 2.70. The van der Waals surface area contributed by atoms with E-state index in [1.165, 1.54) is 12.0 Å². The molecular weight excluding hydrogens is 300 g/mol. The molecule has 1 saturated carbocycles. The number of rotatable bonds is 3. The number of imide groups is 1. The molecule has 1 aliphatic heterocycles. The first-order valence-electron chi connectivity index (χ1n) is 7.41. The Hall–Kier alpha value is -2.41. The molecule has 1 aromatic rings. The van der Waals surface area contributed by atoms with Crippen molar-refractivity contribution >= 4 is 17.9 Å². The SMILES string of the molecule is COC(=O)N[C@H]1C[C@H](N2C(=O)c3ccccc3C2=O)C[C@@H]1OC. The van der Waals surface area contributed by atoms with Crippen LogP contribution in [0, 0.1) is 0 Å². The molecule has 7 nitrogen and oxygen atoms in total. The van der Waals surface area contributed by atoms with Crippen molar-refractivity contribution in [3.05, 3.63) is 35.4 Å². The molecule has 0 saturated heterocycles. The second kappa shape index (κ2) is 6.00. The van der Waals surface area contributed by atoms with Crippen LogP contribution >= 0.6 is 0 Å². The van der Waals surface area contributed by atoms with Crippen LogP contribution in [-0.4, -0.2) is 55.2 Å². The number of carbonyl (C=O) groups excluding carboxylic acids is 3. The fourth-order valence-electron chi connectivity index (χ4n) is 3.35. The van der Waals surface area contributed by atoms with Gasteiger partial charge in [-0.2, -0.15) is 0 Å². The van der Waals surface area contributed by atoms with Crippen LogP contribution in [0.5, 0.6) is 0 Å². The molecule has 3 atom stereocenters. The zero-order valence-electron chi connectivity index (χ0n) is 12.9. The molecule has 2 aliphatic rings. The van der Waals surface area contributed by atoms with Crippen molar-refractivity contribution in [3.63, 3.8) is 0 Å². The van der Waals surface area contributed by atoms with E-state index in [1.54, 1.807) is 31.4 Å². The Morgan fingerprint density at radius 2 is 1.74 bits per heavy atom. The molecule has 0 aromatic heterocycles. The fourth-order valence-corrected chi connectivity index (χ4v) is 3.35. The number of hydrogen-bond donors (Lipinski definition) is 1. The number of methoxy groups -OCH3 is 2. The lowest BCUT2D eigenvalue weighted by Gasteiger charge is -2.21. The lowest BCUT2D eigenvalue weighted by atomic mass is 10.1. The Labute approximate surface area is 133 Å². The van der Waals surface area contributed by atoms with Gasteiger partial charge < -0.3 is 14.8 Å². The van der Waals surface area contributed by atoms with Crippen LogP contribution in [0.3, 0.4) is 0 Å². The number of nitrogens with one attached hydrogen (secondary N) is 1. The van der Waals surface area contributed by atoms with Gasteiger partial charge in [0.2, 0.25) is 0 Å². The minimum Gasteiger partial charge on any atom is -0.453 e. The largest absolute Gasteiger partial charge is 0.453 e. The Morgan fingerprint density at radius 3 is 2.26 bits per heavy atom. The van der Waals surface area contributed by atoms with Gasteiger partial charge in [0.05, 0.1) is 30.4 Å². The van der Waals surface area contributed by atoms with Crippen molar-refractivity contribution in [2.75, 3.05) is 14.2 Å². The summed E-state index contributed by atoms with van der Waals surface area (Å²) in [7, 11) is 2.83. The third-order valence-corrected chi connectivity index (χ3v) is 4.46. The van der Waals surface area contributed by atoms with Gasteiger partial charge >= 0.3 is 6.09 Å². The summed E-state index contributed by atoms with van der Waals surface area (Å²) in [5.74, 6) is -0.576. The van der Waals surface area contributed by atoms with Crippen LogP contribution in [0.2, 0.25) is 0 Å². The van der Waals surface area contributed by atoms with Crippen molar-refractivity contribution in [1.29, 1.82) is 0 Å². The van der Waals surface area contributed by atoms with E-state index in [4.69, 9.17) is 4.74 Å². The highest BCUT2D eigenvalue weighted by Crippen LogP contribution is 2.33. The molecule has 0 spiro atoms. The van der Waals surface area contributed by atoms with Crippen LogP contribution in [-0.2, 0) is 9.47 Å². The molecular formula is C16H18N2O5. The van der Waals surface area contributed by atoms with E-state index in [-0.39, 0.29) is 30.0 Å². The van der Waals surface area contributed by atoms with Crippen LogP contribution < -0.4 is 5.32 Å². The van der Waals surface area contributed by atoms with Gasteiger partial charge in [-0.1, -0.05) is 12.1 Å². The molecule has 1 aliphatic carbocycles. The van der Waals surface area contributed by atoms with E-state index in [2.05, 4.69) is 10.1 Å². The zero-order valence-corrected chi connectivity index (χ0v) is 12.9. The molecule has 1 fully saturated rings. The summed E-state index contributed by atoms with van der Waals surface area (Å²) in [4.78, 5) is 37.8. The standard InChI is InChI=1S/C16H18N2O5/c1-22-13-8-9(7-12(13)17-16(21)23-2)18-14(19)10-5-3-4-6-11(10)15(18)20/h3-6,9,12-13H,7-8H2,1-2H3,(H,17,21)/t9-,12-,13-/m0/s1. The zero-order chi connectivity index (χ0) is 16.6. The van der Waals surface area contributed by atoms with Crippen molar-refractivity contribution in [1.82, 2.24) is 10.2 Å². The Morgan fingerprint density at radius 1 is 1.13 bits per heavy atom. The first-order valence-corrected chi connectivity index (χ1v) is 7.41. The maximum atomic E-state index is 12.5. The molecule has 7 heteroatoms. The van der Waals surface area contributed by atoms with Crippen molar-refractivity contribution in [3.8, 4) is 0 Å². The van der Waals surface area contributed by atoms with Gasteiger partial charge in [0, 0.05) is 13.2 Å². The monoisotopic (exact) mass is 318 g/mol. The summed E-state index contributed by atoms with van der Waals surface area (Å²) in [5.41, 5.74) is 0.853. The number of nitrogens with zero attached hydrogens (tertiary/aromatic N) is 1. The quantitative estimate of drug-likeness (QED) is 0.846. The average Bonchev–Trinajstić information content (AvgIpc) is 3.07. The van der Waals surface area contributed by atoms with Gasteiger partial charge in [-0.05, 0) is 25.0 Å². The highest BCUT2D eigenvalue weighted by atomic mass is 16.5. The first kappa shape index (κ1) is 15.5. The normalized spacial score (nSPS) is 26.3. The summed E-state index contributed by atoms with van der Waals surface area (Å²) in [6.45, 7) is 0. The van der Waals surface area contributed by atoms with Crippen molar-refractivity contribution in [2.24, 2.45) is 0 Å². The van der Waals surface area contributed by atoms with Crippen LogP contribution in [0.4, 0.5) is 4.79 Å². The number of benzene rings is 1. The van der Waals surface area contributed by atoms with Gasteiger partial charge in [-0.15, -0.1) is 0 Å². The van der Waals surface area contributed by atoms with Gasteiger partial charge in [0.1, 0.15) is 0 Å². The first-order chi connectivity index (χ1) is 11.1. The third-order valence-electron chi connectivity index (χ3n) is 4.46. The number of fused-ring (bicyclic) bond motifs is 1. The number of hydrogen-bond acceptors (Lipinski definition) is 5. The molecule has 1 heterocycles. The van der Waals surface area contributed by atoms with Gasteiger partial charge in [-0.25, -0.2) is 4.79 Å². The minimum atomic E-state index is -0.555. The van der Waals surface area contributed by atoms with E-state index >= 15 is 0 Å². The second-order valence-corrected chi connectivity index (χ2v) is 5.67. The lowest BCUT2D eigenvalue weighted by molar-refractivity contribution is 0.0548. The van der Waals surface area contributed by atoms with E-state index in [0.717, 1.165) is 0 Å². The highest BCUT2D eigenvalue weighted by molar-refractivity contribution is 6.21. The maximum Gasteiger partial charge on any atom is 0.407 e. The topological polar surface area (TPSA) is 84.9 Å². The smallest absolute Gasteiger partial charge is 0.407 e. The summed E-state index contributed by atoms with van der Waals surface area (Å²) in [6.07, 6.45) is 0.0962. The van der Waals surface area contributed by atoms with E-state index < -0.39 is 6.09 Å².